The van der Waals surface area contributed by atoms with Crippen molar-refractivity contribution in [1.29, 1.82) is 0 Å². The van der Waals surface area contributed by atoms with E-state index in [1.165, 1.54) is 21.9 Å². The average Bonchev–Trinajstić information content (AvgIpc) is 2.60. The van der Waals surface area contributed by atoms with E-state index in [9.17, 15) is 0 Å². The van der Waals surface area contributed by atoms with E-state index < -0.39 is 0 Å². The maximum absolute atomic E-state index is 2.35. The van der Waals surface area contributed by atoms with Gasteiger partial charge in [-0.25, -0.2) is 0 Å². The molecule has 0 unspecified atom stereocenters. The van der Waals surface area contributed by atoms with Crippen LogP contribution in [0.1, 0.15) is 11.1 Å². The van der Waals surface area contributed by atoms with Crippen LogP contribution in [0, 0.1) is 0 Å². The predicted molar refractivity (Wildman–Crippen MR) is 99.6 cm³/mol. The van der Waals surface area contributed by atoms with Crippen molar-refractivity contribution in [3.05, 3.63) is 96.1 Å². The molecule has 0 amide bonds. The van der Waals surface area contributed by atoms with Crippen molar-refractivity contribution >= 4 is 10.8 Å². The number of nitrogens with zero attached hydrogens (tertiary/aromatic N) is 1. The highest BCUT2D eigenvalue weighted by Crippen LogP contribution is 2.19. The summed E-state index contributed by atoms with van der Waals surface area (Å²) in [6.07, 6.45) is 5.52. The van der Waals surface area contributed by atoms with Crippen LogP contribution in [0.4, 0.5) is 0 Å². The zero-order valence-electron chi connectivity index (χ0n) is 13.7. The Labute approximate surface area is 138 Å². The number of benzene rings is 3. The zero-order valence-corrected chi connectivity index (χ0v) is 13.7. The SMILES string of the molecule is CN(C/C=C/Cc1ccccc1)Cc1cccc2ccccc12. The van der Waals surface area contributed by atoms with E-state index in [1.54, 1.807) is 0 Å². The number of rotatable bonds is 6. The third-order valence-corrected chi connectivity index (χ3v) is 4.10. The Hall–Kier alpha value is -2.38. The van der Waals surface area contributed by atoms with Crippen LogP contribution in [0.2, 0.25) is 0 Å². The van der Waals surface area contributed by atoms with E-state index in [0.717, 1.165) is 19.5 Å². The molecule has 0 saturated heterocycles. The Morgan fingerprint density at radius 3 is 2.39 bits per heavy atom. The van der Waals surface area contributed by atoms with Crippen molar-refractivity contribution in [2.24, 2.45) is 0 Å². The summed E-state index contributed by atoms with van der Waals surface area (Å²) in [5.74, 6) is 0. The lowest BCUT2D eigenvalue weighted by atomic mass is 10.0. The van der Waals surface area contributed by atoms with Gasteiger partial charge in [0.25, 0.3) is 0 Å². The third-order valence-electron chi connectivity index (χ3n) is 4.10. The molecule has 0 fully saturated rings. The van der Waals surface area contributed by atoms with E-state index >= 15 is 0 Å². The van der Waals surface area contributed by atoms with Gasteiger partial charge in [-0.2, -0.15) is 0 Å². The fourth-order valence-corrected chi connectivity index (χ4v) is 2.87. The smallest absolute Gasteiger partial charge is 0.0240 e. The van der Waals surface area contributed by atoms with Crippen molar-refractivity contribution < 1.29 is 0 Å². The lowest BCUT2D eigenvalue weighted by Gasteiger charge is -2.16. The predicted octanol–water partition coefficient (Wildman–Crippen LogP) is 5.07. The van der Waals surface area contributed by atoms with Gasteiger partial charge in [0, 0.05) is 13.1 Å². The monoisotopic (exact) mass is 301 g/mol. The van der Waals surface area contributed by atoms with Crippen molar-refractivity contribution in [2.45, 2.75) is 13.0 Å². The van der Waals surface area contributed by atoms with Crippen molar-refractivity contribution in [3.8, 4) is 0 Å². The van der Waals surface area contributed by atoms with Crippen LogP contribution >= 0.6 is 0 Å². The van der Waals surface area contributed by atoms with Gasteiger partial charge in [0.05, 0.1) is 0 Å². The van der Waals surface area contributed by atoms with Crippen LogP contribution < -0.4 is 0 Å². The second-order valence-corrected chi connectivity index (χ2v) is 6.00. The topological polar surface area (TPSA) is 3.24 Å². The van der Waals surface area contributed by atoms with Crippen LogP contribution in [0.25, 0.3) is 10.8 Å². The number of hydrogen-bond donors (Lipinski definition) is 0. The molecule has 0 saturated carbocycles. The van der Waals surface area contributed by atoms with Gasteiger partial charge in [0.2, 0.25) is 0 Å². The summed E-state index contributed by atoms with van der Waals surface area (Å²) in [5, 5.41) is 2.67. The number of hydrogen-bond acceptors (Lipinski definition) is 1. The standard InChI is InChI=1S/C22H23N/c1-23(17-8-7-12-19-10-3-2-4-11-19)18-21-15-9-14-20-13-5-6-16-22(20)21/h2-11,13-16H,12,17-18H2,1H3/b8-7+. The van der Waals surface area contributed by atoms with Gasteiger partial charge >= 0.3 is 0 Å². The molecule has 0 aliphatic heterocycles. The largest absolute Gasteiger partial charge is 0.298 e. The first-order valence-corrected chi connectivity index (χ1v) is 8.17. The zero-order chi connectivity index (χ0) is 15.9. The van der Waals surface area contributed by atoms with Gasteiger partial charge in [0.15, 0.2) is 0 Å². The summed E-state index contributed by atoms with van der Waals surface area (Å²) in [5.41, 5.74) is 2.75. The molecule has 0 bridgehead atoms. The minimum Gasteiger partial charge on any atom is -0.298 e. The van der Waals surface area contributed by atoms with Crippen LogP contribution in [-0.2, 0) is 13.0 Å². The van der Waals surface area contributed by atoms with Gasteiger partial charge in [-0.3, -0.25) is 4.90 Å². The summed E-state index contributed by atoms with van der Waals surface area (Å²) in [4.78, 5) is 2.35. The second kappa shape index (κ2) is 7.75. The molecule has 0 radical (unpaired) electrons. The first-order valence-electron chi connectivity index (χ1n) is 8.17. The molecular formula is C22H23N. The molecule has 0 atom stereocenters. The normalized spacial score (nSPS) is 11.6. The fraction of sp³-hybridized carbons (Fsp3) is 0.182. The molecule has 0 spiro atoms. The molecule has 0 aliphatic rings. The van der Waals surface area contributed by atoms with Crippen molar-refractivity contribution in [3.63, 3.8) is 0 Å². The van der Waals surface area contributed by atoms with E-state index in [-0.39, 0.29) is 0 Å². The Kier molecular flexibility index (Phi) is 5.23. The first-order chi connectivity index (χ1) is 11.3. The quantitative estimate of drug-likeness (QED) is 0.574. The molecule has 0 aromatic heterocycles. The number of allylic oxidation sites excluding steroid dienone is 1. The van der Waals surface area contributed by atoms with Gasteiger partial charge in [-0.05, 0) is 35.4 Å². The Balaban J connectivity index is 1.57. The second-order valence-electron chi connectivity index (χ2n) is 6.00. The maximum atomic E-state index is 2.35. The Morgan fingerprint density at radius 2 is 1.52 bits per heavy atom. The molecular weight excluding hydrogens is 278 g/mol. The van der Waals surface area contributed by atoms with Gasteiger partial charge in [-0.1, -0.05) is 84.9 Å². The molecule has 3 aromatic carbocycles. The molecule has 3 rings (SSSR count). The van der Waals surface area contributed by atoms with Gasteiger partial charge in [-0.15, -0.1) is 0 Å². The maximum Gasteiger partial charge on any atom is 0.0240 e. The average molecular weight is 301 g/mol. The molecule has 0 heterocycles. The summed E-state index contributed by atoms with van der Waals surface area (Å²) in [6.45, 7) is 1.94. The molecule has 23 heavy (non-hydrogen) atoms. The van der Waals surface area contributed by atoms with Crippen molar-refractivity contribution in [2.75, 3.05) is 13.6 Å². The highest BCUT2D eigenvalue weighted by atomic mass is 15.1. The van der Waals surface area contributed by atoms with E-state index in [4.69, 9.17) is 0 Å². The minimum absolute atomic E-state index is 0.968. The van der Waals surface area contributed by atoms with Crippen LogP contribution in [0.15, 0.2) is 84.9 Å². The number of fused-ring (bicyclic) bond motifs is 1. The summed E-state index contributed by atoms with van der Waals surface area (Å²) in [7, 11) is 2.18. The molecule has 0 aliphatic carbocycles. The fourth-order valence-electron chi connectivity index (χ4n) is 2.87. The Bertz CT molecular complexity index is 769. The van der Waals surface area contributed by atoms with E-state index in [0.29, 0.717) is 0 Å². The minimum atomic E-state index is 0.968. The Morgan fingerprint density at radius 1 is 0.783 bits per heavy atom. The molecule has 1 heteroatoms. The van der Waals surface area contributed by atoms with Crippen molar-refractivity contribution in [1.82, 2.24) is 4.90 Å². The first kappa shape index (κ1) is 15.5. The van der Waals surface area contributed by atoms with Crippen LogP contribution in [-0.4, -0.2) is 18.5 Å². The lowest BCUT2D eigenvalue weighted by Crippen LogP contribution is -2.17. The number of likely N-dealkylation sites (N-methyl/N-ethyl adjacent to an activating group) is 1. The molecule has 0 N–H and O–H groups in total. The summed E-state index contributed by atoms with van der Waals surface area (Å²) in [6, 6.07) is 25.8. The lowest BCUT2D eigenvalue weighted by molar-refractivity contribution is 0.364. The summed E-state index contributed by atoms with van der Waals surface area (Å²) < 4.78 is 0. The van der Waals surface area contributed by atoms with Gasteiger partial charge < -0.3 is 0 Å². The third kappa shape index (κ3) is 4.30. The molecule has 3 aromatic rings. The van der Waals surface area contributed by atoms with E-state index in [1.807, 2.05) is 0 Å². The van der Waals surface area contributed by atoms with Crippen LogP contribution in [0.3, 0.4) is 0 Å². The van der Waals surface area contributed by atoms with E-state index in [2.05, 4.69) is 96.9 Å². The molecule has 116 valence electrons. The van der Waals surface area contributed by atoms with Crippen LogP contribution in [0.5, 0.6) is 0 Å². The highest BCUT2D eigenvalue weighted by molar-refractivity contribution is 5.85. The van der Waals surface area contributed by atoms with Gasteiger partial charge in [0.1, 0.15) is 0 Å². The summed E-state index contributed by atoms with van der Waals surface area (Å²) >= 11 is 0. The highest BCUT2D eigenvalue weighted by Gasteiger charge is 2.03. The molecule has 1 nitrogen and oxygen atoms in total.